The van der Waals surface area contributed by atoms with Gasteiger partial charge in [-0.3, -0.25) is 5.43 Å². The second kappa shape index (κ2) is 15.9. The molecule has 0 aromatic heterocycles. The number of ether oxygens (including phenoxy) is 6. The maximum atomic E-state index is 12.4. The quantitative estimate of drug-likeness (QED) is 0.102. The van der Waals surface area contributed by atoms with Gasteiger partial charge in [-0.15, -0.1) is 0 Å². The third kappa shape index (κ3) is 9.00. The van der Waals surface area contributed by atoms with E-state index in [1.54, 1.807) is 50.2 Å². The van der Waals surface area contributed by atoms with Crippen LogP contribution in [0, 0.1) is 0 Å². The van der Waals surface area contributed by atoms with E-state index >= 15 is 0 Å². The van der Waals surface area contributed by atoms with Crippen molar-refractivity contribution in [2.75, 3.05) is 40.6 Å². The average molecular weight is 601 g/mol. The minimum Gasteiger partial charge on any atom is -0.490 e. The molecule has 2 aromatic rings. The summed E-state index contributed by atoms with van der Waals surface area (Å²) in [6.45, 7) is 5.48. The van der Waals surface area contributed by atoms with Crippen molar-refractivity contribution >= 4 is 24.2 Å². The van der Waals surface area contributed by atoms with Crippen molar-refractivity contribution in [2.45, 2.75) is 33.0 Å². The number of carbonyl (C=O) groups is 3. The van der Waals surface area contributed by atoms with E-state index in [4.69, 9.17) is 23.7 Å². The van der Waals surface area contributed by atoms with Gasteiger partial charge in [0.05, 0.1) is 45.3 Å². The number of rotatable bonds is 15. The molecular formula is C29H36N4O10. The highest BCUT2D eigenvalue weighted by molar-refractivity contribution is 5.95. The monoisotopic (exact) mass is 600 g/mol. The number of esters is 2. The Morgan fingerprint density at radius 2 is 1.65 bits per heavy atom. The Morgan fingerprint density at radius 1 is 0.977 bits per heavy atom. The molecule has 4 N–H and O–H groups in total. The van der Waals surface area contributed by atoms with E-state index in [9.17, 15) is 19.5 Å². The van der Waals surface area contributed by atoms with Crippen LogP contribution in [0.4, 0.5) is 4.79 Å². The molecule has 1 aliphatic heterocycles. The Labute approximate surface area is 248 Å². The number of methoxy groups -OCH3 is 2. The van der Waals surface area contributed by atoms with Crippen molar-refractivity contribution in [3.63, 3.8) is 0 Å². The molecule has 1 heterocycles. The van der Waals surface area contributed by atoms with Crippen molar-refractivity contribution in [1.29, 1.82) is 0 Å². The zero-order valence-corrected chi connectivity index (χ0v) is 24.6. The fourth-order valence-corrected chi connectivity index (χ4v) is 4.01. The van der Waals surface area contributed by atoms with E-state index in [1.165, 1.54) is 20.4 Å². The van der Waals surface area contributed by atoms with Gasteiger partial charge >= 0.3 is 18.0 Å². The van der Waals surface area contributed by atoms with E-state index < -0.39 is 30.2 Å². The van der Waals surface area contributed by atoms with Crippen LogP contribution in [0.1, 0.15) is 37.9 Å². The molecule has 232 valence electrons. The van der Waals surface area contributed by atoms with Gasteiger partial charge in [-0.25, -0.2) is 14.4 Å². The zero-order chi connectivity index (χ0) is 31.4. The first-order valence-corrected chi connectivity index (χ1v) is 13.4. The molecule has 14 nitrogen and oxygen atoms in total. The highest BCUT2D eigenvalue weighted by atomic mass is 16.6. The zero-order valence-electron chi connectivity index (χ0n) is 24.6. The van der Waals surface area contributed by atoms with Crippen molar-refractivity contribution < 1.29 is 47.9 Å². The fraction of sp³-hybridized carbons (Fsp3) is 0.379. The minimum atomic E-state index is -1.18. The number of carbonyl (C=O) groups excluding carboxylic acids is 3. The molecule has 0 spiro atoms. The molecule has 3 rings (SSSR count). The molecule has 2 amide bonds. The summed E-state index contributed by atoms with van der Waals surface area (Å²) in [6, 6.07) is 8.73. The summed E-state index contributed by atoms with van der Waals surface area (Å²) in [5, 5.41) is 19.7. The molecule has 2 aromatic carbocycles. The third-order valence-electron chi connectivity index (χ3n) is 5.95. The van der Waals surface area contributed by atoms with E-state index in [1.807, 2.05) is 6.92 Å². The maximum Gasteiger partial charge on any atom is 0.343 e. The molecule has 2 atom stereocenters. The number of hydrogen-bond donors (Lipinski definition) is 4. The number of aliphatic hydroxyl groups excluding tert-OH is 1. The van der Waals surface area contributed by atoms with Crippen LogP contribution < -0.4 is 35.0 Å². The van der Waals surface area contributed by atoms with Crippen LogP contribution in [0.3, 0.4) is 0 Å². The van der Waals surface area contributed by atoms with E-state index in [2.05, 4.69) is 25.9 Å². The lowest BCUT2D eigenvalue weighted by Gasteiger charge is -2.28. The van der Waals surface area contributed by atoms with Crippen molar-refractivity contribution in [3.05, 3.63) is 58.8 Å². The molecule has 0 aliphatic carbocycles. The van der Waals surface area contributed by atoms with Crippen LogP contribution >= 0.6 is 0 Å². The summed E-state index contributed by atoms with van der Waals surface area (Å²) >= 11 is 0. The minimum absolute atomic E-state index is 0.183. The van der Waals surface area contributed by atoms with Crippen LogP contribution in [0.25, 0.3) is 0 Å². The van der Waals surface area contributed by atoms with Crippen LogP contribution in [-0.2, 0) is 19.1 Å². The van der Waals surface area contributed by atoms with Gasteiger partial charge in [-0.1, -0.05) is 6.07 Å². The molecule has 14 heteroatoms. The number of aliphatic hydroxyl groups is 1. The fourth-order valence-electron chi connectivity index (χ4n) is 4.01. The molecule has 43 heavy (non-hydrogen) atoms. The molecule has 0 saturated carbocycles. The van der Waals surface area contributed by atoms with Gasteiger partial charge in [0.15, 0.2) is 35.8 Å². The van der Waals surface area contributed by atoms with Crippen LogP contribution in [0.15, 0.2) is 52.8 Å². The summed E-state index contributed by atoms with van der Waals surface area (Å²) in [5.74, 6) is 0.368. The molecule has 0 radical (unpaired) electrons. The Kier molecular flexibility index (Phi) is 12.0. The van der Waals surface area contributed by atoms with Crippen molar-refractivity contribution in [3.8, 4) is 23.0 Å². The standard InChI is InChI=1S/C29H36N4O10/c1-6-40-22-12-18(8-10-20(22)43-16-25(35)38-4)14-30-33-24(34)15-42-21-11-9-19(13-23(21)41-7-2)27-26(28(36)39-5)17(3)31-29(37)32-27/h8-14,24,27,33-34H,6-7,15-16H2,1-5H3,(H2,31,32,37)/b30-14-/t24-,27-/m0/s1. The number of benzene rings is 2. The number of hydrazone groups is 1. The summed E-state index contributed by atoms with van der Waals surface area (Å²) in [4.78, 5) is 35.9. The topological polar surface area (TPSA) is 175 Å². The first-order valence-electron chi connectivity index (χ1n) is 13.4. The highest BCUT2D eigenvalue weighted by Crippen LogP contribution is 2.35. The Bertz CT molecular complexity index is 1360. The molecular weight excluding hydrogens is 564 g/mol. The largest absolute Gasteiger partial charge is 0.490 e. The van der Waals surface area contributed by atoms with Gasteiger partial charge in [0.1, 0.15) is 6.61 Å². The summed E-state index contributed by atoms with van der Waals surface area (Å²) in [7, 11) is 2.54. The van der Waals surface area contributed by atoms with Gasteiger partial charge in [0.2, 0.25) is 0 Å². The Balaban J connectivity index is 1.65. The number of urea groups is 1. The lowest BCUT2D eigenvalue weighted by Crippen LogP contribution is -2.45. The Morgan fingerprint density at radius 3 is 2.33 bits per heavy atom. The summed E-state index contributed by atoms with van der Waals surface area (Å²) in [5.41, 5.74) is 4.43. The number of nitrogens with one attached hydrogen (secondary N) is 3. The molecule has 1 aliphatic rings. The van der Waals surface area contributed by atoms with Gasteiger partial charge in [-0.2, -0.15) is 5.10 Å². The molecule has 0 unspecified atom stereocenters. The maximum absolute atomic E-state index is 12.4. The van der Waals surface area contributed by atoms with Gasteiger partial charge in [0, 0.05) is 5.70 Å². The van der Waals surface area contributed by atoms with E-state index in [-0.39, 0.29) is 18.8 Å². The first kappa shape index (κ1) is 32.5. The van der Waals surface area contributed by atoms with Crippen molar-refractivity contribution in [2.24, 2.45) is 5.10 Å². The van der Waals surface area contributed by atoms with Crippen LogP contribution in [-0.4, -0.2) is 76.2 Å². The second-order valence-corrected chi connectivity index (χ2v) is 8.92. The second-order valence-electron chi connectivity index (χ2n) is 8.92. The predicted molar refractivity (Wildman–Crippen MR) is 154 cm³/mol. The van der Waals surface area contributed by atoms with E-state index in [0.29, 0.717) is 53.0 Å². The predicted octanol–water partition coefficient (Wildman–Crippen LogP) is 2.16. The third-order valence-corrected chi connectivity index (χ3v) is 5.95. The lowest BCUT2D eigenvalue weighted by molar-refractivity contribution is -0.143. The number of allylic oxidation sites excluding steroid dienone is 1. The van der Waals surface area contributed by atoms with Crippen LogP contribution in [0.2, 0.25) is 0 Å². The number of amides is 2. The van der Waals surface area contributed by atoms with Crippen molar-refractivity contribution in [1.82, 2.24) is 16.1 Å². The molecule has 0 fully saturated rings. The average Bonchev–Trinajstić information content (AvgIpc) is 2.99. The highest BCUT2D eigenvalue weighted by Gasteiger charge is 2.32. The number of nitrogens with zero attached hydrogens (tertiary/aromatic N) is 1. The Hall–Kier alpha value is -4.98. The van der Waals surface area contributed by atoms with Gasteiger partial charge in [0.25, 0.3) is 0 Å². The molecule has 0 bridgehead atoms. The SMILES string of the molecule is CCOc1cc(/C=N\N[C@@H](O)COc2ccc([C@@H]3NC(=O)NC(C)=C3C(=O)OC)cc2OCC)ccc1OCC(=O)OC. The summed E-state index contributed by atoms with van der Waals surface area (Å²) in [6.07, 6.45) is 0.289. The van der Waals surface area contributed by atoms with E-state index in [0.717, 1.165) is 0 Å². The van der Waals surface area contributed by atoms with Crippen LogP contribution in [0.5, 0.6) is 23.0 Å². The molecule has 0 saturated heterocycles. The lowest BCUT2D eigenvalue weighted by atomic mass is 9.95. The van der Waals surface area contributed by atoms with Gasteiger partial charge < -0.3 is 44.2 Å². The van der Waals surface area contributed by atoms with Gasteiger partial charge in [-0.05, 0) is 62.2 Å². The normalized spacial score (nSPS) is 15.2. The summed E-state index contributed by atoms with van der Waals surface area (Å²) < 4.78 is 32.0. The first-order chi connectivity index (χ1) is 20.7. The smallest absolute Gasteiger partial charge is 0.343 e. The number of hydrogen-bond acceptors (Lipinski definition) is 12.